The predicted molar refractivity (Wildman–Crippen MR) is 87.3 cm³/mol. The molecule has 2 heteroatoms. The lowest BCUT2D eigenvalue weighted by Gasteiger charge is -2.40. The number of hydrogen-bond acceptors (Lipinski definition) is 0. The van der Waals surface area contributed by atoms with Gasteiger partial charge in [0, 0.05) is 0 Å². The van der Waals surface area contributed by atoms with E-state index in [1.54, 1.807) is 0 Å². The van der Waals surface area contributed by atoms with Gasteiger partial charge in [-0.05, 0) is 15.4 Å². The molecule has 0 aliphatic rings. The summed E-state index contributed by atoms with van der Waals surface area (Å²) in [5, 5.41) is 3.22. The van der Waals surface area contributed by atoms with Gasteiger partial charge in [0.05, 0.1) is 0 Å². The molecule has 2 aromatic carbocycles. The largest absolute Gasteiger partial charge is 0.142 e. The Morgan fingerprint density at radius 1 is 0.722 bits per heavy atom. The van der Waals surface area contributed by atoms with Crippen LogP contribution in [0.1, 0.15) is 20.8 Å². The second-order valence-electron chi connectivity index (χ2n) is 5.79. The Kier molecular flexibility index (Phi) is 3.75. The Hall–Kier alpha value is -0.913. The maximum absolute atomic E-state index is 3.23. The summed E-state index contributed by atoms with van der Waals surface area (Å²) in [4.78, 5) is 0. The highest BCUT2D eigenvalue weighted by Gasteiger charge is 2.43. The summed E-state index contributed by atoms with van der Waals surface area (Å²) >= 11 is 0. The van der Waals surface area contributed by atoms with Crippen molar-refractivity contribution in [1.82, 2.24) is 0 Å². The molecule has 0 saturated carbocycles. The minimum Gasteiger partial charge on any atom is -0.139 e. The molecule has 94 valence electrons. The molecule has 2 rings (SSSR count). The van der Waals surface area contributed by atoms with Crippen LogP contribution in [0.5, 0.6) is 0 Å². The van der Waals surface area contributed by atoms with E-state index < -0.39 is 7.74 Å². The van der Waals surface area contributed by atoms with E-state index >= 15 is 0 Å². The molecule has 0 bridgehead atoms. The van der Waals surface area contributed by atoms with Gasteiger partial charge in [0.1, 0.15) is 7.74 Å². The molecule has 1 atom stereocenters. The predicted octanol–water partition coefficient (Wildman–Crippen LogP) is 3.42. The quantitative estimate of drug-likeness (QED) is 0.580. The Morgan fingerprint density at radius 2 is 1.06 bits per heavy atom. The Bertz CT molecular complexity index is 460. The van der Waals surface area contributed by atoms with E-state index in [0.29, 0.717) is 0 Å². The van der Waals surface area contributed by atoms with Crippen molar-refractivity contribution in [3.63, 3.8) is 0 Å². The van der Waals surface area contributed by atoms with Crippen LogP contribution in [0.3, 0.4) is 0 Å². The summed E-state index contributed by atoms with van der Waals surface area (Å²) in [5.41, 5.74) is 0. The summed E-state index contributed by atoms with van der Waals surface area (Å²) < 4.78 is 0. The van der Waals surface area contributed by atoms with Crippen molar-refractivity contribution < 1.29 is 0 Å². The average molecular weight is 272 g/mol. The molecule has 0 aliphatic carbocycles. The molecule has 0 heterocycles. The van der Waals surface area contributed by atoms with E-state index in [-0.39, 0.29) is 5.04 Å². The molecule has 0 aliphatic heterocycles. The smallest absolute Gasteiger partial charge is 0.139 e. The fraction of sp³-hybridized carbons (Fsp3) is 0.250. The van der Waals surface area contributed by atoms with E-state index in [1.165, 1.54) is 10.4 Å². The standard InChI is InChI=1S/C16H21PSi/c1-16(2,3)18(17,14-10-6-4-7-11-14)15-12-8-5-9-13-15/h4-13H,17H2,1-3H3. The van der Waals surface area contributed by atoms with Gasteiger partial charge in [0.25, 0.3) is 0 Å². The molecule has 0 fully saturated rings. The van der Waals surface area contributed by atoms with Crippen LogP contribution in [0.2, 0.25) is 5.04 Å². The lowest BCUT2D eigenvalue weighted by Crippen LogP contribution is -2.59. The zero-order chi connectivity index (χ0) is 13.2. The molecular weight excluding hydrogens is 251 g/mol. The molecule has 2 aromatic rings. The van der Waals surface area contributed by atoms with Crippen LogP contribution in [-0.2, 0) is 0 Å². The topological polar surface area (TPSA) is 0 Å². The molecule has 0 amide bonds. The highest BCUT2D eigenvalue weighted by molar-refractivity contribution is 7.76. The van der Waals surface area contributed by atoms with E-state index in [1.807, 2.05) is 0 Å². The first kappa shape index (κ1) is 13.5. The van der Waals surface area contributed by atoms with Crippen molar-refractivity contribution in [1.29, 1.82) is 0 Å². The summed E-state index contributed by atoms with van der Waals surface area (Å²) in [6.07, 6.45) is 0. The van der Waals surface area contributed by atoms with Crippen LogP contribution >= 0.6 is 8.79 Å². The van der Waals surface area contributed by atoms with Crippen LogP contribution in [-0.4, -0.2) is 7.74 Å². The van der Waals surface area contributed by atoms with Crippen molar-refractivity contribution >= 4 is 26.9 Å². The Balaban J connectivity index is 2.63. The second-order valence-corrected chi connectivity index (χ2v) is 12.7. The van der Waals surface area contributed by atoms with Crippen LogP contribution in [0.15, 0.2) is 60.7 Å². The first-order chi connectivity index (χ1) is 8.46. The van der Waals surface area contributed by atoms with Crippen LogP contribution in [0, 0.1) is 0 Å². The molecule has 0 saturated heterocycles. The summed E-state index contributed by atoms with van der Waals surface area (Å²) in [6, 6.07) is 21.9. The molecule has 0 radical (unpaired) electrons. The van der Waals surface area contributed by atoms with E-state index in [4.69, 9.17) is 0 Å². The summed E-state index contributed by atoms with van der Waals surface area (Å²) in [7, 11) is 1.44. The van der Waals surface area contributed by atoms with Crippen molar-refractivity contribution in [2.45, 2.75) is 25.8 Å². The third kappa shape index (κ3) is 2.30. The molecular formula is C16H21PSi. The molecule has 0 nitrogen and oxygen atoms in total. The molecule has 0 N–H and O–H groups in total. The SMILES string of the molecule is CC(C)(C)[Si](P)(c1ccccc1)c1ccccc1. The van der Waals surface area contributed by atoms with E-state index in [0.717, 1.165) is 0 Å². The molecule has 1 unspecified atom stereocenters. The van der Waals surface area contributed by atoms with Gasteiger partial charge in [0.15, 0.2) is 0 Å². The summed E-state index contributed by atoms with van der Waals surface area (Å²) in [5.74, 6) is 0. The van der Waals surface area contributed by atoms with Gasteiger partial charge in [-0.2, -0.15) is 0 Å². The first-order valence-corrected chi connectivity index (χ1v) is 10.2. The van der Waals surface area contributed by atoms with Crippen molar-refractivity contribution in [2.75, 3.05) is 0 Å². The molecule has 0 spiro atoms. The Labute approximate surface area is 114 Å². The third-order valence-corrected chi connectivity index (χ3v) is 13.1. The second kappa shape index (κ2) is 4.99. The summed E-state index contributed by atoms with van der Waals surface area (Å²) in [6.45, 7) is 7.06. The van der Waals surface area contributed by atoms with Crippen molar-refractivity contribution in [3.05, 3.63) is 60.7 Å². The van der Waals surface area contributed by atoms with Gasteiger partial charge in [-0.15, -0.1) is 8.79 Å². The normalized spacial score (nSPS) is 12.4. The maximum atomic E-state index is 3.23. The minimum atomic E-state index is -1.79. The highest BCUT2D eigenvalue weighted by atomic mass is 31.3. The molecule has 0 aromatic heterocycles. The minimum absolute atomic E-state index is 0.264. The van der Waals surface area contributed by atoms with Gasteiger partial charge >= 0.3 is 0 Å². The van der Waals surface area contributed by atoms with Gasteiger partial charge in [-0.1, -0.05) is 81.4 Å². The van der Waals surface area contributed by atoms with Gasteiger partial charge in [-0.3, -0.25) is 0 Å². The van der Waals surface area contributed by atoms with Crippen molar-refractivity contribution in [2.24, 2.45) is 0 Å². The third-order valence-electron chi connectivity index (χ3n) is 3.64. The van der Waals surface area contributed by atoms with Crippen molar-refractivity contribution in [3.8, 4) is 0 Å². The molecule has 18 heavy (non-hydrogen) atoms. The maximum Gasteiger partial charge on any atom is 0.142 e. The monoisotopic (exact) mass is 272 g/mol. The fourth-order valence-electron chi connectivity index (χ4n) is 2.43. The number of hydrogen-bond donors (Lipinski definition) is 0. The first-order valence-electron chi connectivity index (χ1n) is 6.36. The van der Waals surface area contributed by atoms with Gasteiger partial charge in [0.2, 0.25) is 0 Å². The lowest BCUT2D eigenvalue weighted by atomic mass is 10.2. The van der Waals surface area contributed by atoms with E-state index in [2.05, 4.69) is 90.2 Å². The highest BCUT2D eigenvalue weighted by Crippen LogP contribution is 2.39. The van der Waals surface area contributed by atoms with Crippen LogP contribution in [0.4, 0.5) is 0 Å². The fourth-order valence-corrected chi connectivity index (χ4v) is 7.09. The Morgan fingerprint density at radius 3 is 1.33 bits per heavy atom. The lowest BCUT2D eigenvalue weighted by molar-refractivity contribution is 0.745. The zero-order valence-corrected chi connectivity index (χ0v) is 13.5. The average Bonchev–Trinajstić information content (AvgIpc) is 2.38. The van der Waals surface area contributed by atoms with E-state index in [9.17, 15) is 0 Å². The number of rotatable bonds is 2. The van der Waals surface area contributed by atoms with Gasteiger partial charge in [-0.25, -0.2) is 0 Å². The van der Waals surface area contributed by atoms with Crippen LogP contribution < -0.4 is 10.4 Å². The zero-order valence-electron chi connectivity index (χ0n) is 11.4. The van der Waals surface area contributed by atoms with Gasteiger partial charge < -0.3 is 0 Å². The number of benzene rings is 2. The van der Waals surface area contributed by atoms with Crippen LogP contribution in [0.25, 0.3) is 0 Å².